The number of sulfone groups is 1. The second-order valence-corrected chi connectivity index (χ2v) is 9.36. The van der Waals surface area contributed by atoms with Gasteiger partial charge >= 0.3 is 0 Å². The van der Waals surface area contributed by atoms with Crippen LogP contribution in [0.25, 0.3) is 0 Å². The molecule has 19 heavy (non-hydrogen) atoms. The molecular formula is C13H20O4S2. The van der Waals surface area contributed by atoms with Crippen LogP contribution < -0.4 is 0 Å². The van der Waals surface area contributed by atoms with Crippen LogP contribution in [0.3, 0.4) is 0 Å². The highest BCUT2D eigenvalue weighted by Gasteiger charge is 2.45. The van der Waals surface area contributed by atoms with Gasteiger partial charge in [0, 0.05) is 24.2 Å². The molecule has 4 nitrogen and oxygen atoms in total. The maximum absolute atomic E-state index is 12.5. The maximum Gasteiger partial charge on any atom is 0.151 e. The third-order valence-electron chi connectivity index (χ3n) is 4.60. The number of thioether (sulfide) groups is 1. The largest absolute Gasteiger partial charge is 0.374 e. The van der Waals surface area contributed by atoms with Gasteiger partial charge in [-0.1, -0.05) is 0 Å². The Bertz CT molecular complexity index is 465. The van der Waals surface area contributed by atoms with E-state index in [4.69, 9.17) is 4.74 Å². The fourth-order valence-corrected chi connectivity index (χ4v) is 6.62. The molecule has 3 fully saturated rings. The first-order chi connectivity index (χ1) is 9.00. The van der Waals surface area contributed by atoms with Crippen molar-refractivity contribution >= 4 is 27.4 Å². The molecule has 3 aliphatic rings. The first-order valence-electron chi connectivity index (χ1n) is 6.96. The molecule has 0 aliphatic carbocycles. The molecule has 3 unspecified atom stereocenters. The topological polar surface area (TPSA) is 60.4 Å². The number of carbonyl (C=O) groups is 1. The number of hydrogen-bond acceptors (Lipinski definition) is 5. The van der Waals surface area contributed by atoms with Crippen LogP contribution in [0.2, 0.25) is 0 Å². The number of ketones is 1. The summed E-state index contributed by atoms with van der Waals surface area (Å²) in [6, 6.07) is 0. The van der Waals surface area contributed by atoms with Gasteiger partial charge in [0.15, 0.2) is 9.84 Å². The second kappa shape index (κ2) is 5.04. The molecule has 0 aromatic heterocycles. The van der Waals surface area contributed by atoms with Gasteiger partial charge in [0.1, 0.15) is 5.78 Å². The van der Waals surface area contributed by atoms with E-state index in [1.807, 2.05) is 11.8 Å². The van der Waals surface area contributed by atoms with Crippen molar-refractivity contribution < 1.29 is 17.9 Å². The Morgan fingerprint density at radius 1 is 1.26 bits per heavy atom. The summed E-state index contributed by atoms with van der Waals surface area (Å²) < 4.78 is 28.9. The number of ether oxygens (including phenoxy) is 1. The molecule has 108 valence electrons. The fourth-order valence-electron chi connectivity index (χ4n) is 3.49. The normalized spacial score (nSPS) is 41.7. The summed E-state index contributed by atoms with van der Waals surface area (Å²) in [7, 11) is -2.96. The Kier molecular flexibility index (Phi) is 3.69. The van der Waals surface area contributed by atoms with Crippen LogP contribution in [-0.2, 0) is 19.4 Å². The SMILES string of the molecule is O=C(C1CCOC2(CCSC2)C1)C1CCS(=O)(=O)C1. The van der Waals surface area contributed by atoms with E-state index in [0.717, 1.165) is 30.8 Å². The Morgan fingerprint density at radius 2 is 2.11 bits per heavy atom. The van der Waals surface area contributed by atoms with E-state index in [1.165, 1.54) is 0 Å². The molecule has 0 aromatic carbocycles. The predicted molar refractivity (Wildman–Crippen MR) is 75.1 cm³/mol. The van der Waals surface area contributed by atoms with Crippen molar-refractivity contribution in [1.82, 2.24) is 0 Å². The molecule has 0 amide bonds. The van der Waals surface area contributed by atoms with Gasteiger partial charge < -0.3 is 4.74 Å². The summed E-state index contributed by atoms with van der Waals surface area (Å²) in [4.78, 5) is 12.5. The monoisotopic (exact) mass is 304 g/mol. The highest BCUT2D eigenvalue weighted by molar-refractivity contribution is 7.99. The minimum Gasteiger partial charge on any atom is -0.374 e. The van der Waals surface area contributed by atoms with Crippen LogP contribution >= 0.6 is 11.8 Å². The Hall–Kier alpha value is -0.0700. The summed E-state index contributed by atoms with van der Waals surface area (Å²) in [5.74, 6) is 2.31. The van der Waals surface area contributed by atoms with Crippen LogP contribution in [0.1, 0.15) is 25.7 Å². The highest BCUT2D eigenvalue weighted by Crippen LogP contribution is 2.41. The summed E-state index contributed by atoms with van der Waals surface area (Å²) in [5, 5.41) is 0. The van der Waals surface area contributed by atoms with Crippen molar-refractivity contribution in [2.24, 2.45) is 11.8 Å². The zero-order valence-electron chi connectivity index (χ0n) is 11.0. The first-order valence-corrected chi connectivity index (χ1v) is 9.93. The molecular weight excluding hydrogens is 284 g/mol. The van der Waals surface area contributed by atoms with E-state index >= 15 is 0 Å². The van der Waals surface area contributed by atoms with E-state index in [9.17, 15) is 13.2 Å². The van der Waals surface area contributed by atoms with E-state index in [1.54, 1.807) is 0 Å². The summed E-state index contributed by atoms with van der Waals surface area (Å²) in [5.41, 5.74) is -0.0965. The lowest BCUT2D eigenvalue weighted by Crippen LogP contribution is -2.43. The molecule has 3 saturated heterocycles. The molecule has 1 spiro atoms. The van der Waals surface area contributed by atoms with Crippen LogP contribution in [-0.4, -0.2) is 49.4 Å². The summed E-state index contributed by atoms with van der Waals surface area (Å²) in [6.45, 7) is 0.649. The van der Waals surface area contributed by atoms with Crippen molar-refractivity contribution in [3.63, 3.8) is 0 Å². The van der Waals surface area contributed by atoms with Gasteiger partial charge in [-0.15, -0.1) is 0 Å². The lowest BCUT2D eigenvalue weighted by atomic mass is 9.79. The van der Waals surface area contributed by atoms with Gasteiger partial charge in [0.2, 0.25) is 0 Å². The molecule has 0 saturated carbocycles. The molecule has 6 heteroatoms. The van der Waals surface area contributed by atoms with Crippen molar-refractivity contribution in [3.05, 3.63) is 0 Å². The molecule has 3 rings (SSSR count). The third kappa shape index (κ3) is 2.85. The van der Waals surface area contributed by atoms with Gasteiger partial charge in [0.25, 0.3) is 0 Å². The van der Waals surface area contributed by atoms with Crippen LogP contribution in [0.4, 0.5) is 0 Å². The van der Waals surface area contributed by atoms with E-state index in [-0.39, 0.29) is 34.7 Å². The van der Waals surface area contributed by atoms with Crippen molar-refractivity contribution in [2.45, 2.75) is 31.3 Å². The lowest BCUT2D eigenvalue weighted by molar-refractivity contribution is -0.137. The number of rotatable bonds is 2. The number of hydrogen-bond donors (Lipinski definition) is 0. The third-order valence-corrected chi connectivity index (χ3v) is 7.59. The quantitative estimate of drug-likeness (QED) is 0.769. The van der Waals surface area contributed by atoms with E-state index in [0.29, 0.717) is 13.0 Å². The Morgan fingerprint density at radius 3 is 2.74 bits per heavy atom. The summed E-state index contributed by atoms with van der Waals surface area (Å²) >= 11 is 1.89. The van der Waals surface area contributed by atoms with Gasteiger partial charge in [-0.05, 0) is 31.4 Å². The average Bonchev–Trinajstić information content (AvgIpc) is 2.96. The molecule has 0 bridgehead atoms. The smallest absolute Gasteiger partial charge is 0.151 e. The van der Waals surface area contributed by atoms with Crippen molar-refractivity contribution in [1.29, 1.82) is 0 Å². The highest BCUT2D eigenvalue weighted by atomic mass is 32.2. The minimum atomic E-state index is -2.96. The van der Waals surface area contributed by atoms with E-state index in [2.05, 4.69) is 0 Å². The van der Waals surface area contributed by atoms with Crippen molar-refractivity contribution in [2.75, 3.05) is 29.6 Å². The molecule has 3 heterocycles. The van der Waals surface area contributed by atoms with Crippen LogP contribution in [0, 0.1) is 11.8 Å². The first kappa shape index (κ1) is 13.9. The zero-order valence-corrected chi connectivity index (χ0v) is 12.6. The van der Waals surface area contributed by atoms with Crippen LogP contribution in [0.5, 0.6) is 0 Å². The fraction of sp³-hybridized carbons (Fsp3) is 0.923. The molecule has 0 N–H and O–H groups in total. The lowest BCUT2D eigenvalue weighted by Gasteiger charge is -2.37. The molecule has 3 aliphatic heterocycles. The molecule has 0 aromatic rings. The summed E-state index contributed by atoms with van der Waals surface area (Å²) in [6.07, 6.45) is 3.13. The standard InChI is InChI=1S/C13H20O4S2/c14-12(11-2-6-19(15,16)8-11)10-1-4-17-13(7-10)3-5-18-9-13/h10-11H,1-9H2. The van der Waals surface area contributed by atoms with Gasteiger partial charge in [-0.2, -0.15) is 11.8 Å². The van der Waals surface area contributed by atoms with Gasteiger partial charge in [-0.25, -0.2) is 8.42 Å². The average molecular weight is 304 g/mol. The van der Waals surface area contributed by atoms with Gasteiger partial charge in [-0.3, -0.25) is 4.79 Å². The number of Topliss-reactive ketones (excluding diaryl/α,β-unsaturated/α-hetero) is 1. The van der Waals surface area contributed by atoms with Crippen molar-refractivity contribution in [3.8, 4) is 0 Å². The minimum absolute atomic E-state index is 0.0192. The van der Waals surface area contributed by atoms with Gasteiger partial charge in [0.05, 0.1) is 17.1 Å². The molecule has 3 atom stereocenters. The number of carbonyl (C=O) groups excluding carboxylic acids is 1. The second-order valence-electron chi connectivity index (χ2n) is 6.03. The Balaban J connectivity index is 1.67. The Labute approximate surface area is 118 Å². The van der Waals surface area contributed by atoms with Crippen LogP contribution in [0.15, 0.2) is 0 Å². The zero-order chi connectivity index (χ0) is 13.5. The predicted octanol–water partition coefficient (Wildman–Crippen LogP) is 1.29. The maximum atomic E-state index is 12.5. The van der Waals surface area contributed by atoms with E-state index < -0.39 is 9.84 Å². The molecule has 0 radical (unpaired) electrons.